The number of anilines is 1. The second-order valence-electron chi connectivity index (χ2n) is 6.16. The zero-order valence-corrected chi connectivity index (χ0v) is 12.2. The van der Waals surface area contributed by atoms with Crippen molar-refractivity contribution in [3.8, 4) is 0 Å². The lowest BCUT2D eigenvalue weighted by atomic mass is 10.00. The molecule has 4 heteroatoms. The predicted octanol–water partition coefficient (Wildman–Crippen LogP) is 1.72. The molecule has 20 heavy (non-hydrogen) atoms. The van der Waals surface area contributed by atoms with Gasteiger partial charge in [-0.25, -0.2) is 4.98 Å². The maximum absolute atomic E-state index is 6.16. The first-order valence-corrected chi connectivity index (χ1v) is 7.97. The standard InChI is InChI=1S/C16H26N4/c17-15-5-3-4-14(15)7-9-19-10-12-20(13-11-19)16-6-1-2-8-18-16/h1-2,6,8,14-15H,3-5,7,9-13,17H2. The molecule has 2 aliphatic rings. The zero-order valence-electron chi connectivity index (χ0n) is 12.2. The van der Waals surface area contributed by atoms with Crippen molar-refractivity contribution in [2.45, 2.75) is 31.7 Å². The second kappa shape index (κ2) is 6.55. The molecule has 2 heterocycles. The van der Waals surface area contributed by atoms with Gasteiger partial charge in [0, 0.05) is 38.4 Å². The average Bonchev–Trinajstić information content (AvgIpc) is 2.92. The first-order valence-electron chi connectivity index (χ1n) is 7.97. The van der Waals surface area contributed by atoms with E-state index in [1.165, 1.54) is 32.2 Å². The van der Waals surface area contributed by atoms with Crippen molar-refractivity contribution in [2.75, 3.05) is 37.6 Å². The topological polar surface area (TPSA) is 45.4 Å². The summed E-state index contributed by atoms with van der Waals surface area (Å²) in [5.74, 6) is 1.88. The lowest BCUT2D eigenvalue weighted by Gasteiger charge is -2.36. The fourth-order valence-corrected chi connectivity index (χ4v) is 3.51. The molecule has 2 atom stereocenters. The molecule has 0 bridgehead atoms. The highest BCUT2D eigenvalue weighted by Crippen LogP contribution is 2.27. The van der Waals surface area contributed by atoms with Gasteiger partial charge in [0.05, 0.1) is 0 Å². The summed E-state index contributed by atoms with van der Waals surface area (Å²) in [7, 11) is 0. The molecule has 1 saturated carbocycles. The maximum Gasteiger partial charge on any atom is 0.128 e. The van der Waals surface area contributed by atoms with E-state index in [9.17, 15) is 0 Å². The number of hydrogen-bond acceptors (Lipinski definition) is 4. The number of aromatic nitrogens is 1. The van der Waals surface area contributed by atoms with Crippen LogP contribution in [0.4, 0.5) is 5.82 Å². The van der Waals surface area contributed by atoms with Gasteiger partial charge in [-0.15, -0.1) is 0 Å². The molecule has 110 valence electrons. The Morgan fingerprint density at radius 3 is 2.65 bits per heavy atom. The van der Waals surface area contributed by atoms with Gasteiger partial charge < -0.3 is 10.6 Å². The Morgan fingerprint density at radius 1 is 1.15 bits per heavy atom. The molecule has 2 fully saturated rings. The maximum atomic E-state index is 6.16. The van der Waals surface area contributed by atoms with Crippen LogP contribution in [0.5, 0.6) is 0 Å². The minimum absolute atomic E-state index is 0.463. The molecule has 3 rings (SSSR count). The van der Waals surface area contributed by atoms with E-state index >= 15 is 0 Å². The Hall–Kier alpha value is -1.13. The van der Waals surface area contributed by atoms with Gasteiger partial charge in [-0.3, -0.25) is 4.90 Å². The minimum atomic E-state index is 0.463. The van der Waals surface area contributed by atoms with Crippen LogP contribution in [0.15, 0.2) is 24.4 Å². The van der Waals surface area contributed by atoms with Crippen LogP contribution in [0.1, 0.15) is 25.7 Å². The van der Waals surface area contributed by atoms with E-state index in [2.05, 4.69) is 26.9 Å². The van der Waals surface area contributed by atoms with Crippen LogP contribution in [-0.4, -0.2) is 48.6 Å². The number of pyridine rings is 1. The van der Waals surface area contributed by atoms with Gasteiger partial charge in [0.2, 0.25) is 0 Å². The van der Waals surface area contributed by atoms with Crippen molar-refractivity contribution in [2.24, 2.45) is 11.7 Å². The summed E-state index contributed by atoms with van der Waals surface area (Å²) in [6.07, 6.45) is 7.07. The molecule has 1 saturated heterocycles. The number of nitrogens with zero attached hydrogens (tertiary/aromatic N) is 3. The number of rotatable bonds is 4. The first-order chi connectivity index (χ1) is 9.83. The van der Waals surface area contributed by atoms with E-state index in [1.807, 2.05) is 12.3 Å². The highest BCUT2D eigenvalue weighted by Gasteiger charge is 2.25. The van der Waals surface area contributed by atoms with Crippen molar-refractivity contribution in [3.63, 3.8) is 0 Å². The van der Waals surface area contributed by atoms with Gasteiger partial charge in [-0.05, 0) is 43.9 Å². The Bertz CT molecular complexity index is 400. The molecule has 1 aliphatic heterocycles. The lowest BCUT2D eigenvalue weighted by molar-refractivity contribution is 0.234. The molecular weight excluding hydrogens is 248 g/mol. The van der Waals surface area contributed by atoms with Crippen LogP contribution in [0, 0.1) is 5.92 Å². The van der Waals surface area contributed by atoms with E-state index in [-0.39, 0.29) is 0 Å². The summed E-state index contributed by atoms with van der Waals surface area (Å²) in [5, 5.41) is 0. The van der Waals surface area contributed by atoms with Crippen LogP contribution in [0.2, 0.25) is 0 Å². The molecule has 0 amide bonds. The van der Waals surface area contributed by atoms with Crippen LogP contribution in [0.25, 0.3) is 0 Å². The van der Waals surface area contributed by atoms with Crippen LogP contribution in [0.3, 0.4) is 0 Å². The van der Waals surface area contributed by atoms with Crippen molar-refractivity contribution in [1.29, 1.82) is 0 Å². The average molecular weight is 274 g/mol. The number of nitrogens with two attached hydrogens (primary N) is 1. The zero-order chi connectivity index (χ0) is 13.8. The van der Waals surface area contributed by atoms with Crippen LogP contribution < -0.4 is 10.6 Å². The smallest absolute Gasteiger partial charge is 0.128 e. The van der Waals surface area contributed by atoms with Crippen molar-refractivity contribution >= 4 is 5.82 Å². The lowest BCUT2D eigenvalue weighted by Crippen LogP contribution is -2.47. The summed E-state index contributed by atoms with van der Waals surface area (Å²) < 4.78 is 0. The molecular formula is C16H26N4. The van der Waals surface area contributed by atoms with Gasteiger partial charge in [0.25, 0.3) is 0 Å². The summed E-state index contributed by atoms with van der Waals surface area (Å²) in [6.45, 7) is 5.70. The summed E-state index contributed by atoms with van der Waals surface area (Å²) in [5.41, 5.74) is 6.16. The third kappa shape index (κ3) is 3.30. The third-order valence-electron chi connectivity index (χ3n) is 4.88. The molecule has 1 aliphatic carbocycles. The monoisotopic (exact) mass is 274 g/mol. The van der Waals surface area contributed by atoms with Crippen molar-refractivity contribution < 1.29 is 0 Å². The fraction of sp³-hybridized carbons (Fsp3) is 0.688. The minimum Gasteiger partial charge on any atom is -0.354 e. The van der Waals surface area contributed by atoms with Gasteiger partial charge in [-0.2, -0.15) is 0 Å². The second-order valence-corrected chi connectivity index (χ2v) is 6.16. The number of hydrogen-bond donors (Lipinski definition) is 1. The van der Waals surface area contributed by atoms with Gasteiger partial charge >= 0.3 is 0 Å². The fourth-order valence-electron chi connectivity index (χ4n) is 3.51. The molecule has 1 aromatic heterocycles. The first kappa shape index (κ1) is 13.8. The highest BCUT2D eigenvalue weighted by atomic mass is 15.3. The summed E-state index contributed by atoms with van der Waals surface area (Å²) >= 11 is 0. The quantitative estimate of drug-likeness (QED) is 0.908. The SMILES string of the molecule is NC1CCCC1CCN1CCN(c2ccccn2)CC1. The third-order valence-corrected chi connectivity index (χ3v) is 4.88. The molecule has 2 unspecified atom stereocenters. The predicted molar refractivity (Wildman–Crippen MR) is 82.8 cm³/mol. The van der Waals surface area contributed by atoms with E-state index in [1.54, 1.807) is 0 Å². The van der Waals surface area contributed by atoms with Crippen molar-refractivity contribution in [3.05, 3.63) is 24.4 Å². The molecule has 0 aromatic carbocycles. The van der Waals surface area contributed by atoms with E-state index in [0.29, 0.717) is 6.04 Å². The van der Waals surface area contributed by atoms with E-state index in [0.717, 1.165) is 37.9 Å². The number of piperazine rings is 1. The normalized spacial score (nSPS) is 27.9. The molecule has 0 spiro atoms. The van der Waals surface area contributed by atoms with Gasteiger partial charge in [-0.1, -0.05) is 12.5 Å². The van der Waals surface area contributed by atoms with E-state index < -0.39 is 0 Å². The van der Waals surface area contributed by atoms with E-state index in [4.69, 9.17) is 5.73 Å². The van der Waals surface area contributed by atoms with Crippen LogP contribution >= 0.6 is 0 Å². The Balaban J connectivity index is 1.42. The summed E-state index contributed by atoms with van der Waals surface area (Å²) in [4.78, 5) is 9.41. The van der Waals surface area contributed by atoms with Gasteiger partial charge in [0.1, 0.15) is 5.82 Å². The van der Waals surface area contributed by atoms with Gasteiger partial charge in [0.15, 0.2) is 0 Å². The summed E-state index contributed by atoms with van der Waals surface area (Å²) in [6, 6.07) is 6.61. The van der Waals surface area contributed by atoms with Crippen LogP contribution in [-0.2, 0) is 0 Å². The Labute approximate surface area is 122 Å². The molecule has 1 aromatic rings. The van der Waals surface area contributed by atoms with Crippen molar-refractivity contribution in [1.82, 2.24) is 9.88 Å². The Morgan fingerprint density at radius 2 is 2.00 bits per heavy atom. The highest BCUT2D eigenvalue weighted by molar-refractivity contribution is 5.38. The molecule has 2 N–H and O–H groups in total. The Kier molecular flexibility index (Phi) is 4.53. The molecule has 4 nitrogen and oxygen atoms in total. The molecule has 0 radical (unpaired) electrons. The largest absolute Gasteiger partial charge is 0.354 e.